The summed E-state index contributed by atoms with van der Waals surface area (Å²) in [6, 6.07) is 21.4. The number of aromatic nitrogens is 2. The number of carbonyl (C=O) groups is 1. The number of aryl methyl sites for hydroxylation is 1. The van der Waals surface area contributed by atoms with E-state index in [9.17, 15) is 4.79 Å². The van der Waals surface area contributed by atoms with Gasteiger partial charge in [0.05, 0.1) is 11.4 Å². The van der Waals surface area contributed by atoms with E-state index in [4.69, 9.17) is 5.10 Å². The summed E-state index contributed by atoms with van der Waals surface area (Å²) in [5.41, 5.74) is 6.19. The summed E-state index contributed by atoms with van der Waals surface area (Å²) in [6.07, 6.45) is 3.54. The van der Waals surface area contributed by atoms with Crippen LogP contribution in [0.25, 0.3) is 11.3 Å². The average Bonchev–Trinajstić information content (AvgIpc) is 3.08. The van der Waals surface area contributed by atoms with Crippen molar-refractivity contribution in [3.05, 3.63) is 77.5 Å². The Balaban J connectivity index is 1.77. The number of nitrogens with zero attached hydrogens (tertiary/aromatic N) is 2. The second-order valence-electron chi connectivity index (χ2n) is 8.40. The minimum Gasteiger partial charge on any atom is -0.299 e. The van der Waals surface area contributed by atoms with Crippen LogP contribution < -0.4 is 0 Å². The molecule has 28 heavy (non-hydrogen) atoms. The third-order valence-corrected chi connectivity index (χ3v) is 7.12. The molecule has 0 saturated heterocycles. The first-order valence-corrected chi connectivity index (χ1v) is 10.3. The monoisotopic (exact) mass is 370 g/mol. The van der Waals surface area contributed by atoms with Crippen LogP contribution in [0, 0.1) is 11.8 Å². The van der Waals surface area contributed by atoms with Crippen LogP contribution in [0.15, 0.2) is 60.7 Å². The molecule has 3 aromatic rings. The summed E-state index contributed by atoms with van der Waals surface area (Å²) in [4.78, 5) is 12.6. The zero-order valence-electron chi connectivity index (χ0n) is 16.6. The lowest BCUT2D eigenvalue weighted by Gasteiger charge is -2.49. The molecule has 3 unspecified atom stereocenters. The van der Waals surface area contributed by atoms with Crippen LogP contribution in [0.5, 0.6) is 0 Å². The summed E-state index contributed by atoms with van der Waals surface area (Å²) < 4.78 is 2.06. The number of carbonyl (C=O) groups excluding carboxylic acids is 1. The van der Waals surface area contributed by atoms with Gasteiger partial charge in [0.25, 0.3) is 0 Å². The van der Waals surface area contributed by atoms with Gasteiger partial charge in [0.1, 0.15) is 5.78 Å². The number of ketones is 1. The summed E-state index contributed by atoms with van der Waals surface area (Å²) >= 11 is 0. The van der Waals surface area contributed by atoms with Gasteiger partial charge >= 0.3 is 0 Å². The summed E-state index contributed by atoms with van der Waals surface area (Å²) in [5, 5.41) is 5.13. The number of Topliss-reactive ketones (excluding diaryl/α,β-unsaturated/α-hetero) is 1. The zero-order chi connectivity index (χ0) is 19.3. The highest BCUT2D eigenvalue weighted by Crippen LogP contribution is 2.55. The van der Waals surface area contributed by atoms with Crippen molar-refractivity contribution in [3.8, 4) is 11.3 Å². The Morgan fingerprint density at radius 1 is 1.00 bits per heavy atom. The van der Waals surface area contributed by atoms with E-state index < -0.39 is 0 Å². The van der Waals surface area contributed by atoms with Crippen LogP contribution in [-0.2, 0) is 23.7 Å². The van der Waals surface area contributed by atoms with Gasteiger partial charge < -0.3 is 0 Å². The average molecular weight is 370 g/mol. The van der Waals surface area contributed by atoms with Crippen molar-refractivity contribution in [2.75, 3.05) is 0 Å². The molecule has 0 bridgehead atoms. The van der Waals surface area contributed by atoms with Gasteiger partial charge in [-0.1, -0.05) is 67.6 Å². The molecule has 3 atom stereocenters. The van der Waals surface area contributed by atoms with E-state index >= 15 is 0 Å². The van der Waals surface area contributed by atoms with Gasteiger partial charge in [-0.2, -0.15) is 5.10 Å². The predicted octanol–water partition coefficient (Wildman–Crippen LogP) is 4.93. The van der Waals surface area contributed by atoms with Crippen LogP contribution >= 0.6 is 0 Å². The Kier molecular flexibility index (Phi) is 4.01. The fourth-order valence-corrected chi connectivity index (χ4v) is 5.83. The van der Waals surface area contributed by atoms with Gasteiger partial charge in [0, 0.05) is 35.9 Å². The highest BCUT2D eigenvalue weighted by atomic mass is 16.1. The molecule has 0 spiro atoms. The third kappa shape index (κ3) is 2.35. The van der Waals surface area contributed by atoms with E-state index in [0.717, 1.165) is 19.3 Å². The molecular weight excluding hydrogens is 344 g/mol. The van der Waals surface area contributed by atoms with Crippen LogP contribution in [0.3, 0.4) is 0 Å². The second kappa shape index (κ2) is 6.44. The van der Waals surface area contributed by atoms with Crippen molar-refractivity contribution in [1.29, 1.82) is 0 Å². The molecule has 2 aromatic carbocycles. The summed E-state index contributed by atoms with van der Waals surface area (Å²) in [5.74, 6) is 0.825. The number of hydrogen-bond acceptors (Lipinski definition) is 2. The molecule has 3 heteroatoms. The lowest BCUT2D eigenvalue weighted by Crippen LogP contribution is -2.49. The predicted molar refractivity (Wildman–Crippen MR) is 111 cm³/mol. The van der Waals surface area contributed by atoms with Crippen LogP contribution in [0.4, 0.5) is 0 Å². The molecular formula is C25H26N2O. The van der Waals surface area contributed by atoms with Crippen molar-refractivity contribution in [1.82, 2.24) is 9.78 Å². The molecule has 1 heterocycles. The van der Waals surface area contributed by atoms with Gasteiger partial charge in [-0.25, -0.2) is 0 Å². The standard InChI is InChI=1S/C25H26N2O/c1-17-21-14-13-20-23(18-9-5-3-6-10-18)27(2)26-24(20)25(21,16-15-22(17)28)19-11-7-4-8-12-19/h3-12,17,21H,13-16H2,1-2H3. The van der Waals surface area contributed by atoms with Crippen LogP contribution in [0.1, 0.15) is 43.0 Å². The number of rotatable bonds is 2. The van der Waals surface area contributed by atoms with Gasteiger partial charge in [-0.3, -0.25) is 9.48 Å². The Morgan fingerprint density at radius 3 is 2.39 bits per heavy atom. The van der Waals surface area contributed by atoms with Crippen molar-refractivity contribution in [3.63, 3.8) is 0 Å². The molecule has 1 aromatic heterocycles. The fraction of sp³-hybridized carbons (Fsp3) is 0.360. The molecule has 2 aliphatic carbocycles. The Hall–Kier alpha value is -2.68. The molecule has 1 saturated carbocycles. The minimum atomic E-state index is -0.160. The molecule has 0 amide bonds. The summed E-state index contributed by atoms with van der Waals surface area (Å²) in [7, 11) is 2.06. The number of hydrogen-bond donors (Lipinski definition) is 0. The molecule has 0 N–H and O–H groups in total. The number of fused-ring (bicyclic) bond motifs is 3. The van der Waals surface area contributed by atoms with E-state index in [1.165, 1.54) is 28.1 Å². The summed E-state index contributed by atoms with van der Waals surface area (Å²) in [6.45, 7) is 2.13. The highest BCUT2D eigenvalue weighted by molar-refractivity contribution is 5.83. The largest absolute Gasteiger partial charge is 0.299 e. The molecule has 3 nitrogen and oxygen atoms in total. The smallest absolute Gasteiger partial charge is 0.136 e. The Labute approximate surface area is 166 Å². The lowest BCUT2D eigenvalue weighted by atomic mass is 9.53. The molecule has 2 aliphatic rings. The van der Waals surface area contributed by atoms with Gasteiger partial charge in [-0.15, -0.1) is 0 Å². The zero-order valence-corrected chi connectivity index (χ0v) is 16.6. The second-order valence-corrected chi connectivity index (χ2v) is 8.40. The first-order chi connectivity index (χ1) is 13.6. The molecule has 0 aliphatic heterocycles. The molecule has 0 radical (unpaired) electrons. The number of benzene rings is 2. The van der Waals surface area contributed by atoms with Crippen LogP contribution in [-0.4, -0.2) is 15.6 Å². The molecule has 142 valence electrons. The van der Waals surface area contributed by atoms with Crippen molar-refractivity contribution < 1.29 is 4.79 Å². The third-order valence-electron chi connectivity index (χ3n) is 7.12. The van der Waals surface area contributed by atoms with Crippen molar-refractivity contribution in [2.24, 2.45) is 18.9 Å². The SMILES string of the molecule is CC1C(=O)CCC2(c3ccccc3)c3nn(C)c(-c4ccccc4)c3CCC12. The maximum atomic E-state index is 12.6. The Morgan fingerprint density at radius 2 is 1.68 bits per heavy atom. The molecule has 1 fully saturated rings. The van der Waals surface area contributed by atoms with Gasteiger partial charge in [0.15, 0.2) is 0 Å². The first kappa shape index (κ1) is 17.4. The topological polar surface area (TPSA) is 34.9 Å². The van der Waals surface area contributed by atoms with E-state index in [1.54, 1.807) is 0 Å². The normalized spacial score (nSPS) is 26.6. The van der Waals surface area contributed by atoms with Crippen molar-refractivity contribution >= 4 is 5.78 Å². The van der Waals surface area contributed by atoms with Gasteiger partial charge in [-0.05, 0) is 30.7 Å². The quantitative estimate of drug-likeness (QED) is 0.641. The minimum absolute atomic E-state index is 0.0873. The fourth-order valence-electron chi connectivity index (χ4n) is 5.83. The van der Waals surface area contributed by atoms with Crippen LogP contribution in [0.2, 0.25) is 0 Å². The molecule has 5 rings (SSSR count). The lowest BCUT2D eigenvalue weighted by molar-refractivity contribution is -0.128. The Bertz CT molecular complexity index is 1020. The van der Waals surface area contributed by atoms with E-state index in [1.807, 2.05) is 0 Å². The maximum Gasteiger partial charge on any atom is 0.136 e. The highest BCUT2D eigenvalue weighted by Gasteiger charge is 2.54. The maximum absolute atomic E-state index is 12.6. The van der Waals surface area contributed by atoms with E-state index in [0.29, 0.717) is 18.1 Å². The van der Waals surface area contributed by atoms with Gasteiger partial charge in [0.2, 0.25) is 0 Å². The van der Waals surface area contributed by atoms with E-state index in [2.05, 4.69) is 79.3 Å². The van der Waals surface area contributed by atoms with E-state index in [-0.39, 0.29) is 11.3 Å². The first-order valence-electron chi connectivity index (χ1n) is 10.3. The van der Waals surface area contributed by atoms with Crippen molar-refractivity contribution in [2.45, 2.75) is 38.0 Å².